The summed E-state index contributed by atoms with van der Waals surface area (Å²) in [5.74, 6) is -0.157. The van der Waals surface area contributed by atoms with Crippen LogP contribution in [0.3, 0.4) is 0 Å². The maximum Gasteiger partial charge on any atom is 0.322 e. The van der Waals surface area contributed by atoms with E-state index >= 15 is 0 Å². The molecule has 0 bridgehead atoms. The lowest BCUT2D eigenvalue weighted by atomic mass is 10.2. The Morgan fingerprint density at radius 2 is 1.75 bits per heavy atom. The average Bonchev–Trinajstić information content (AvgIpc) is 2.88. The van der Waals surface area contributed by atoms with E-state index in [9.17, 15) is 18.0 Å². The topological polar surface area (TPSA) is 123 Å². The van der Waals surface area contributed by atoms with Gasteiger partial charge in [-0.05, 0) is 30.7 Å². The van der Waals surface area contributed by atoms with Gasteiger partial charge in [-0.15, -0.1) is 0 Å². The fourth-order valence-corrected chi connectivity index (χ4v) is 5.36. The van der Waals surface area contributed by atoms with Crippen molar-refractivity contribution in [2.24, 2.45) is 0 Å². The number of morpholine rings is 1. The third kappa shape index (κ3) is 10.8. The fourth-order valence-electron chi connectivity index (χ4n) is 4.11. The molecule has 1 saturated heterocycles. The molecule has 1 aliphatic rings. The van der Waals surface area contributed by atoms with Gasteiger partial charge >= 0.3 is 12.0 Å². The summed E-state index contributed by atoms with van der Waals surface area (Å²) in [5.41, 5.74) is 1.08. The van der Waals surface area contributed by atoms with Crippen LogP contribution >= 0.6 is 0 Å². The van der Waals surface area contributed by atoms with E-state index in [1.807, 2.05) is 51.5 Å². The van der Waals surface area contributed by atoms with Crippen LogP contribution in [0.5, 0.6) is 5.75 Å². The quantitative estimate of drug-likeness (QED) is 0.174. The Kier molecular flexibility index (Phi) is 13.1. The SMILES string of the molecule is CCOc1ccc(S(=O)(=O)N[C@H](CC(=O)OCc2ccccc2)C[N+](C)(C)C)cc1NC(=O)N1CCOCC1.[I-]. The van der Waals surface area contributed by atoms with Crippen LogP contribution in [0.15, 0.2) is 53.4 Å². The van der Waals surface area contributed by atoms with Crippen molar-refractivity contribution in [3.63, 3.8) is 0 Å². The lowest BCUT2D eigenvalue weighted by Crippen LogP contribution is -3.00. The molecular weight excluding hydrogens is 651 g/mol. The second-order valence-corrected chi connectivity index (χ2v) is 12.0. The molecule has 1 fully saturated rings. The van der Waals surface area contributed by atoms with Crippen molar-refractivity contribution >= 4 is 27.7 Å². The molecule has 13 heteroatoms. The first kappa shape index (κ1) is 33.7. The van der Waals surface area contributed by atoms with Gasteiger partial charge in [-0.25, -0.2) is 17.9 Å². The Hall–Kier alpha value is -2.46. The van der Waals surface area contributed by atoms with Crippen LogP contribution in [0.25, 0.3) is 0 Å². The molecule has 2 amide bonds. The third-order valence-corrected chi connectivity index (χ3v) is 7.36. The minimum atomic E-state index is -4.07. The second kappa shape index (κ2) is 15.5. The number of hydrogen-bond acceptors (Lipinski definition) is 7. The summed E-state index contributed by atoms with van der Waals surface area (Å²) in [6.45, 7) is 4.32. The van der Waals surface area contributed by atoms with Crippen molar-refractivity contribution in [3.8, 4) is 5.75 Å². The number of carbonyl (C=O) groups is 2. The van der Waals surface area contributed by atoms with E-state index in [0.717, 1.165) is 5.56 Å². The number of benzene rings is 2. The van der Waals surface area contributed by atoms with Gasteiger partial charge < -0.3 is 52.9 Å². The Morgan fingerprint density at radius 3 is 2.38 bits per heavy atom. The number of nitrogens with one attached hydrogen (secondary N) is 2. The molecule has 0 spiro atoms. The van der Waals surface area contributed by atoms with E-state index in [-0.39, 0.29) is 53.6 Å². The number of halogens is 1. The summed E-state index contributed by atoms with van der Waals surface area (Å²) >= 11 is 0. The number of amides is 2. The number of quaternary nitrogens is 1. The number of anilines is 1. The Bertz CT molecular complexity index is 1220. The Labute approximate surface area is 253 Å². The number of sulfonamides is 1. The molecule has 0 unspecified atom stereocenters. The van der Waals surface area contributed by atoms with Crippen LogP contribution < -0.4 is 38.8 Å². The zero-order chi connectivity index (χ0) is 28.5. The molecule has 3 rings (SSSR count). The van der Waals surface area contributed by atoms with E-state index < -0.39 is 22.0 Å². The summed E-state index contributed by atoms with van der Waals surface area (Å²) in [6, 6.07) is 12.5. The van der Waals surface area contributed by atoms with E-state index in [4.69, 9.17) is 14.2 Å². The van der Waals surface area contributed by atoms with Gasteiger partial charge in [0.25, 0.3) is 0 Å². The van der Waals surface area contributed by atoms with Gasteiger partial charge in [0.2, 0.25) is 10.0 Å². The van der Waals surface area contributed by atoms with Gasteiger partial charge in [0.05, 0.1) is 70.6 Å². The molecule has 2 aromatic carbocycles. The molecule has 0 radical (unpaired) electrons. The molecule has 222 valence electrons. The van der Waals surface area contributed by atoms with E-state index in [2.05, 4.69) is 10.0 Å². The highest BCUT2D eigenvalue weighted by Gasteiger charge is 2.29. The molecule has 1 atom stereocenters. The second-order valence-electron chi connectivity index (χ2n) is 10.3. The molecule has 2 N–H and O–H groups in total. The van der Waals surface area contributed by atoms with Gasteiger partial charge in [0, 0.05) is 13.1 Å². The van der Waals surface area contributed by atoms with Crippen molar-refractivity contribution in [1.82, 2.24) is 9.62 Å². The molecule has 0 saturated carbocycles. The molecule has 0 aliphatic carbocycles. The highest BCUT2D eigenvalue weighted by molar-refractivity contribution is 7.89. The van der Waals surface area contributed by atoms with Gasteiger partial charge in [-0.1, -0.05) is 30.3 Å². The maximum absolute atomic E-state index is 13.4. The van der Waals surface area contributed by atoms with Crippen molar-refractivity contribution in [2.75, 3.05) is 65.9 Å². The van der Waals surface area contributed by atoms with Crippen LogP contribution in [-0.4, -0.2) is 96.4 Å². The number of carbonyl (C=O) groups excluding carboxylic acids is 2. The van der Waals surface area contributed by atoms with E-state index in [1.54, 1.807) is 11.8 Å². The number of urea groups is 1. The van der Waals surface area contributed by atoms with Crippen LogP contribution in [0.1, 0.15) is 18.9 Å². The molecule has 2 aromatic rings. The fraction of sp³-hybridized carbons (Fsp3) is 0.481. The summed E-state index contributed by atoms with van der Waals surface area (Å²) in [7, 11) is 1.66. The van der Waals surface area contributed by atoms with Gasteiger partial charge in [-0.2, -0.15) is 0 Å². The summed E-state index contributed by atoms with van der Waals surface area (Å²) in [4.78, 5) is 27.0. The average molecular weight is 691 g/mol. The van der Waals surface area contributed by atoms with Gasteiger partial charge in [0.1, 0.15) is 12.4 Å². The normalized spacial score (nSPS) is 14.6. The smallest absolute Gasteiger partial charge is 0.322 e. The standard InChI is InChI=1S/C27H38N4O7S.HI/c1-5-37-25-12-11-23(18-24(25)28-27(33)30-13-15-36-16-14-30)39(34,35)29-22(19-31(2,3)4)17-26(32)38-20-21-9-7-6-8-10-21;/h6-12,18,22,29H,5,13-17,19-20H2,1-4H3;1H/t22-;/m1./s1. The molecule has 1 heterocycles. The predicted octanol–water partition coefficient (Wildman–Crippen LogP) is -0.560. The number of hydrogen-bond donors (Lipinski definition) is 2. The van der Waals surface area contributed by atoms with Crippen LogP contribution in [0.2, 0.25) is 0 Å². The number of rotatable bonds is 12. The van der Waals surface area contributed by atoms with Crippen molar-refractivity contribution < 1.29 is 60.7 Å². The number of esters is 1. The number of likely N-dealkylation sites (N-methyl/N-ethyl adjacent to an activating group) is 1. The highest BCUT2D eigenvalue weighted by atomic mass is 127. The first-order valence-electron chi connectivity index (χ1n) is 12.9. The lowest BCUT2D eigenvalue weighted by Gasteiger charge is -2.29. The predicted molar refractivity (Wildman–Crippen MR) is 147 cm³/mol. The van der Waals surface area contributed by atoms with Crippen LogP contribution in [-0.2, 0) is 30.9 Å². The van der Waals surface area contributed by atoms with Gasteiger partial charge in [-0.3, -0.25) is 4.79 Å². The minimum absolute atomic E-state index is 0. The molecule has 40 heavy (non-hydrogen) atoms. The van der Waals surface area contributed by atoms with E-state index in [1.165, 1.54) is 18.2 Å². The monoisotopic (exact) mass is 690 g/mol. The van der Waals surface area contributed by atoms with Crippen molar-refractivity contribution in [3.05, 3.63) is 54.1 Å². The van der Waals surface area contributed by atoms with Crippen molar-refractivity contribution in [2.45, 2.75) is 30.9 Å². The molecule has 11 nitrogen and oxygen atoms in total. The molecule has 0 aromatic heterocycles. The summed E-state index contributed by atoms with van der Waals surface area (Å²) < 4.78 is 46.3. The Morgan fingerprint density at radius 1 is 1.07 bits per heavy atom. The van der Waals surface area contributed by atoms with Crippen LogP contribution in [0, 0.1) is 0 Å². The first-order chi connectivity index (χ1) is 18.5. The zero-order valence-electron chi connectivity index (χ0n) is 23.4. The first-order valence-corrected chi connectivity index (χ1v) is 14.4. The molecular formula is C27H39IN4O7S. The maximum atomic E-state index is 13.4. The number of nitrogens with zero attached hydrogens (tertiary/aromatic N) is 2. The number of ether oxygens (including phenoxy) is 3. The minimum Gasteiger partial charge on any atom is -1.00 e. The highest BCUT2D eigenvalue weighted by Crippen LogP contribution is 2.28. The molecule has 1 aliphatic heterocycles. The van der Waals surface area contributed by atoms with E-state index in [0.29, 0.717) is 49.7 Å². The Balaban J connectivity index is 0.00000560. The van der Waals surface area contributed by atoms with Gasteiger partial charge in [0.15, 0.2) is 0 Å². The zero-order valence-corrected chi connectivity index (χ0v) is 26.4. The van der Waals surface area contributed by atoms with Crippen LogP contribution in [0.4, 0.5) is 10.5 Å². The lowest BCUT2D eigenvalue weighted by molar-refractivity contribution is -0.871. The summed E-state index contributed by atoms with van der Waals surface area (Å²) in [5, 5.41) is 2.77. The third-order valence-electron chi connectivity index (χ3n) is 5.85. The summed E-state index contributed by atoms with van der Waals surface area (Å²) in [6.07, 6.45) is -0.140. The largest absolute Gasteiger partial charge is 1.00 e. The van der Waals surface area contributed by atoms with Crippen molar-refractivity contribution in [1.29, 1.82) is 0 Å².